The maximum atomic E-state index is 9.80. The molecule has 190 valence electrons. The van der Waals surface area contributed by atoms with Crippen molar-refractivity contribution in [3.05, 3.63) is 145 Å². The number of rotatable bonds is 2. The van der Waals surface area contributed by atoms with E-state index in [1.165, 1.54) is 0 Å². The van der Waals surface area contributed by atoms with E-state index in [0.717, 1.165) is 0 Å². The van der Waals surface area contributed by atoms with Gasteiger partial charge in [0.2, 0.25) is 0 Å². The maximum absolute atomic E-state index is 9.80. The first-order chi connectivity index (χ1) is 30.3. The Balaban J connectivity index is 1.72. The molecule has 0 fully saturated rings. The third-order valence-corrected chi connectivity index (χ3v) is 6.81. The van der Waals surface area contributed by atoms with Gasteiger partial charge in [-0.15, -0.1) is 0 Å². The van der Waals surface area contributed by atoms with Crippen molar-refractivity contribution in [2.45, 2.75) is 0 Å². The molecule has 0 spiro atoms. The predicted molar refractivity (Wildman–Crippen MR) is 175 cm³/mol. The molecular weight excluding hydrogens is 496 g/mol. The Bertz CT molecular complexity index is 3790. The summed E-state index contributed by atoms with van der Waals surface area (Å²) in [7, 11) is 0. The normalized spacial score (nSPS) is 20.1. The Labute approximate surface area is 270 Å². The molecular formula is C40H24O. The van der Waals surface area contributed by atoms with E-state index in [4.69, 9.17) is 27.7 Å². The minimum Gasteiger partial charge on any atom is -0.455 e. The Hall–Kier alpha value is -5.40. The summed E-state index contributed by atoms with van der Waals surface area (Å²) in [4.78, 5) is 0. The standard InChI is InChI=1S/C40H24O/c1-2-10-25(11-3-1)32-20-21-34(39-36-22-27-13-4-5-14-28(27)24-37(36)41-40(32)39)38-31-17-9-7-15-29(31)23-35-30-16-8-6-12-26(30)18-19-33(35)38/h1-24H/i1D,2D,3D,4D,5D,6D,7D,8D,9D,10D,11D,12D,13D,14D,15D,16D,17D,18D,19D,20D,21D,22D,23D,24D. The Morgan fingerprint density at radius 3 is 1.88 bits per heavy atom. The minimum atomic E-state index is -0.989. The summed E-state index contributed by atoms with van der Waals surface area (Å²) >= 11 is 0. The second kappa shape index (κ2) is 8.55. The van der Waals surface area contributed by atoms with Crippen molar-refractivity contribution in [3.63, 3.8) is 0 Å². The van der Waals surface area contributed by atoms with E-state index in [0.29, 0.717) is 0 Å². The molecule has 0 bridgehead atoms. The molecule has 9 rings (SSSR count). The molecule has 1 nitrogen and oxygen atoms in total. The van der Waals surface area contributed by atoms with Crippen LogP contribution in [0, 0.1) is 0 Å². The van der Waals surface area contributed by atoms with Crippen LogP contribution >= 0.6 is 0 Å². The minimum absolute atomic E-state index is 0.507. The molecule has 1 heteroatoms. The molecule has 0 N–H and O–H groups in total. The Morgan fingerprint density at radius 1 is 0.415 bits per heavy atom. The van der Waals surface area contributed by atoms with Crippen LogP contribution < -0.4 is 0 Å². The SMILES string of the molecule is [2H]c1c([2H])c([2H])c(-c2c([2H])c([2H])c(-c3c4c([2H])c([2H])c([2H])c([2H])c4c([2H])c4c3c([2H])c([2H])c3c([2H])c([2H])c([2H])c([2H])c34)c3c2oc2c([2H])c4c([2H])c([2H])c([2H])c([2H])c4c([2H])c23)c([2H])c1[2H]. The van der Waals surface area contributed by atoms with Crippen LogP contribution in [-0.4, -0.2) is 0 Å². The number of furan rings is 1. The molecule has 0 aliphatic heterocycles. The average Bonchev–Trinajstić information content (AvgIpc) is 3.67. The van der Waals surface area contributed by atoms with Gasteiger partial charge in [-0.1, -0.05) is 121 Å². The van der Waals surface area contributed by atoms with Crippen LogP contribution in [0.1, 0.15) is 32.9 Å². The molecule has 0 saturated heterocycles. The zero-order valence-electron chi connectivity index (χ0n) is 44.4. The molecule has 41 heavy (non-hydrogen) atoms. The van der Waals surface area contributed by atoms with Crippen LogP contribution in [0.2, 0.25) is 0 Å². The lowest BCUT2D eigenvalue weighted by Crippen LogP contribution is -1.89. The third-order valence-electron chi connectivity index (χ3n) is 6.81. The van der Waals surface area contributed by atoms with Gasteiger partial charge in [0.25, 0.3) is 0 Å². The monoisotopic (exact) mass is 544 g/mol. The largest absolute Gasteiger partial charge is 0.455 e. The van der Waals surface area contributed by atoms with E-state index in [-0.39, 0.29) is 0 Å². The van der Waals surface area contributed by atoms with Gasteiger partial charge in [-0.05, 0) is 83.9 Å². The molecule has 0 radical (unpaired) electrons. The summed E-state index contributed by atoms with van der Waals surface area (Å²) < 4.78 is 220. The second-order valence-electron chi connectivity index (χ2n) is 9.01. The molecule has 0 unspecified atom stereocenters. The fraction of sp³-hybridized carbons (Fsp3) is 0. The van der Waals surface area contributed by atoms with Crippen LogP contribution in [0.3, 0.4) is 0 Å². The van der Waals surface area contributed by atoms with E-state index >= 15 is 0 Å². The van der Waals surface area contributed by atoms with Gasteiger partial charge in [0, 0.05) is 16.3 Å². The van der Waals surface area contributed by atoms with Crippen molar-refractivity contribution >= 4 is 65.0 Å². The van der Waals surface area contributed by atoms with Gasteiger partial charge in [-0.3, -0.25) is 0 Å². The van der Waals surface area contributed by atoms with Gasteiger partial charge in [0.15, 0.2) is 0 Å². The van der Waals surface area contributed by atoms with Crippen molar-refractivity contribution in [2.75, 3.05) is 0 Å². The van der Waals surface area contributed by atoms with E-state index in [1.54, 1.807) is 0 Å². The van der Waals surface area contributed by atoms with Gasteiger partial charge in [-0.2, -0.15) is 0 Å². The number of hydrogen-bond acceptors (Lipinski definition) is 1. The molecule has 9 aromatic rings. The van der Waals surface area contributed by atoms with Crippen LogP contribution in [0.5, 0.6) is 0 Å². The van der Waals surface area contributed by atoms with Crippen LogP contribution in [0.25, 0.3) is 87.3 Å². The summed E-state index contributed by atoms with van der Waals surface area (Å²) in [5, 5.41) is -5.56. The topological polar surface area (TPSA) is 13.1 Å². The lowest BCUT2D eigenvalue weighted by atomic mass is 9.87. The Morgan fingerprint density at radius 2 is 1.05 bits per heavy atom. The zero-order valence-corrected chi connectivity index (χ0v) is 20.4. The van der Waals surface area contributed by atoms with Crippen LogP contribution in [0.4, 0.5) is 0 Å². The molecule has 0 saturated carbocycles. The quantitative estimate of drug-likeness (QED) is 0.156. The van der Waals surface area contributed by atoms with Crippen molar-refractivity contribution in [3.8, 4) is 22.3 Å². The maximum Gasteiger partial charge on any atom is 0.143 e. The van der Waals surface area contributed by atoms with Crippen LogP contribution in [0.15, 0.2) is 149 Å². The highest BCUT2D eigenvalue weighted by atomic mass is 16.3. The first kappa shape index (κ1) is 9.33. The van der Waals surface area contributed by atoms with Gasteiger partial charge >= 0.3 is 0 Å². The summed E-state index contributed by atoms with van der Waals surface area (Å²) in [5.41, 5.74) is -3.98. The summed E-state index contributed by atoms with van der Waals surface area (Å²) in [6.07, 6.45) is 0. The fourth-order valence-electron chi connectivity index (χ4n) is 5.09. The van der Waals surface area contributed by atoms with Crippen molar-refractivity contribution in [1.82, 2.24) is 0 Å². The first-order valence-corrected chi connectivity index (χ1v) is 12.2. The summed E-state index contributed by atoms with van der Waals surface area (Å²) in [5.74, 6) is 0. The van der Waals surface area contributed by atoms with Gasteiger partial charge in [0.1, 0.15) is 11.2 Å². The molecule has 8 aromatic carbocycles. The van der Waals surface area contributed by atoms with Gasteiger partial charge < -0.3 is 4.42 Å². The smallest absolute Gasteiger partial charge is 0.143 e. The molecule has 0 aliphatic rings. The fourth-order valence-corrected chi connectivity index (χ4v) is 5.09. The van der Waals surface area contributed by atoms with Gasteiger partial charge in [-0.25, -0.2) is 0 Å². The van der Waals surface area contributed by atoms with Crippen LogP contribution in [-0.2, 0) is 0 Å². The molecule has 1 aromatic heterocycles. The van der Waals surface area contributed by atoms with E-state index in [2.05, 4.69) is 0 Å². The highest BCUT2D eigenvalue weighted by molar-refractivity contribution is 6.26. The average molecular weight is 545 g/mol. The lowest BCUT2D eigenvalue weighted by molar-refractivity contribution is 0.670. The third kappa shape index (κ3) is 3.30. The second-order valence-corrected chi connectivity index (χ2v) is 9.01. The lowest BCUT2D eigenvalue weighted by Gasteiger charge is -2.16. The number of hydrogen-bond donors (Lipinski definition) is 0. The highest BCUT2D eigenvalue weighted by Crippen LogP contribution is 2.47. The Kier molecular flexibility index (Phi) is 1.94. The number of benzene rings is 8. The number of fused-ring (bicyclic) bond motifs is 8. The molecule has 0 aliphatic carbocycles. The predicted octanol–water partition coefficient (Wildman–Crippen LogP) is 11.5. The highest BCUT2D eigenvalue weighted by Gasteiger charge is 2.21. The van der Waals surface area contributed by atoms with Crippen molar-refractivity contribution < 1.29 is 37.3 Å². The van der Waals surface area contributed by atoms with E-state index in [9.17, 15) is 9.60 Å². The molecule has 0 amide bonds. The first-order valence-electron chi connectivity index (χ1n) is 24.2. The molecule has 0 atom stereocenters. The zero-order chi connectivity index (χ0) is 47.8. The summed E-state index contributed by atoms with van der Waals surface area (Å²) in [6.45, 7) is 0. The van der Waals surface area contributed by atoms with E-state index < -0.39 is 232 Å². The van der Waals surface area contributed by atoms with Crippen molar-refractivity contribution in [1.29, 1.82) is 0 Å². The molecule has 1 heterocycles. The van der Waals surface area contributed by atoms with Crippen molar-refractivity contribution in [2.24, 2.45) is 0 Å². The van der Waals surface area contributed by atoms with E-state index in [1.807, 2.05) is 0 Å². The van der Waals surface area contributed by atoms with Gasteiger partial charge in [0.05, 0.1) is 32.9 Å². The summed E-state index contributed by atoms with van der Waals surface area (Å²) in [6, 6.07) is -20.3.